The third kappa shape index (κ3) is 10.3. The number of hydrogen-bond donors (Lipinski definition) is 2. The van der Waals surface area contributed by atoms with E-state index < -0.39 is 110 Å². The molecule has 8 rings (SSSR count). The summed E-state index contributed by atoms with van der Waals surface area (Å²) in [7, 11) is -6.32. The first kappa shape index (κ1) is 49.8. The van der Waals surface area contributed by atoms with Crippen LogP contribution >= 0.6 is 0 Å². The number of aromatic nitrogens is 4. The molecular weight excluding hydrogens is 947 g/mol. The summed E-state index contributed by atoms with van der Waals surface area (Å²) >= 11 is 0. The third-order valence-corrected chi connectivity index (χ3v) is 17.1. The Hall–Kier alpha value is -6.08. The summed E-state index contributed by atoms with van der Waals surface area (Å²) in [5.41, 5.74) is -4.04. The molecule has 2 amide bonds. The molecule has 16 nitrogen and oxygen atoms in total. The Bertz CT molecular complexity index is 2680. The number of nitrogens with zero attached hydrogens (tertiary/aromatic N) is 6. The lowest BCUT2D eigenvalue weighted by molar-refractivity contribution is -0.140. The lowest BCUT2D eigenvalue weighted by atomic mass is 10.0. The fourth-order valence-corrected chi connectivity index (χ4v) is 12.5. The molecule has 0 saturated heterocycles. The van der Waals surface area contributed by atoms with Gasteiger partial charge in [0.05, 0.1) is 91.4 Å². The van der Waals surface area contributed by atoms with Crippen molar-refractivity contribution < 1.29 is 62.2 Å². The van der Waals surface area contributed by atoms with Gasteiger partial charge in [0.15, 0.2) is 19.7 Å². The predicted octanol–water partition coefficient (Wildman–Crippen LogP) is 5.80. The van der Waals surface area contributed by atoms with E-state index in [1.165, 1.54) is 63.5 Å². The second kappa shape index (κ2) is 18.8. The molecule has 24 heteroatoms. The fourth-order valence-electron chi connectivity index (χ4n) is 8.50. The number of nitrogens with one attached hydrogen (secondary N) is 2. The van der Waals surface area contributed by atoms with Gasteiger partial charge in [-0.15, -0.1) is 0 Å². The van der Waals surface area contributed by atoms with Gasteiger partial charge in [0.1, 0.15) is 11.1 Å². The lowest BCUT2D eigenvalue weighted by Crippen LogP contribution is -2.42. The van der Waals surface area contributed by atoms with Gasteiger partial charge in [-0.05, 0) is 75.6 Å². The van der Waals surface area contributed by atoms with Crippen LogP contribution in [0, 0.1) is 34.5 Å². The second-order valence-electron chi connectivity index (χ2n) is 17.0. The van der Waals surface area contributed by atoms with E-state index in [1.54, 1.807) is 0 Å². The highest BCUT2D eigenvalue weighted by molar-refractivity contribution is 7.92. The molecule has 4 aromatic rings. The number of nitriles is 2. The Kier molecular flexibility index (Phi) is 13.8. The van der Waals surface area contributed by atoms with Gasteiger partial charge >= 0.3 is 12.4 Å². The van der Waals surface area contributed by atoms with Gasteiger partial charge < -0.3 is 20.1 Å². The van der Waals surface area contributed by atoms with Gasteiger partial charge in [-0.25, -0.2) is 16.8 Å². The van der Waals surface area contributed by atoms with E-state index in [4.69, 9.17) is 9.47 Å². The van der Waals surface area contributed by atoms with Crippen molar-refractivity contribution in [2.45, 2.75) is 107 Å². The second-order valence-corrected chi connectivity index (χ2v) is 21.4. The van der Waals surface area contributed by atoms with Gasteiger partial charge in [-0.3, -0.25) is 29.5 Å². The number of benzene rings is 2. The highest BCUT2D eigenvalue weighted by Crippen LogP contribution is 2.45. The van der Waals surface area contributed by atoms with Gasteiger partial charge in [0.25, 0.3) is 0 Å². The maximum Gasteiger partial charge on any atom is 0.417 e. The van der Waals surface area contributed by atoms with Crippen LogP contribution in [0.5, 0.6) is 0 Å². The number of halogens is 6. The van der Waals surface area contributed by atoms with Crippen molar-refractivity contribution in [1.82, 2.24) is 30.6 Å². The van der Waals surface area contributed by atoms with Gasteiger partial charge in [0.2, 0.25) is 11.8 Å². The SMILES string of the molecule is CO[C@@H]1C[C@H](S(=O)(=O)c2ccc(-c3cnccn3)cc2C(F)(F)F)C[C@H]1C(=O)NC1(C#N)CC1.CO[C@H]1CC(S(=O)(=O)c2ccc(-c3cnccn3)cc2C(F)(F)F)C[C@@H]1C(=O)NC1(C#N)CC1. The highest BCUT2D eigenvalue weighted by Gasteiger charge is 2.53. The number of hydrogen-bond acceptors (Lipinski definition) is 14. The first-order valence-electron chi connectivity index (χ1n) is 21.0. The number of carbonyl (C=O) groups excluding carboxylic acids is 2. The summed E-state index contributed by atoms with van der Waals surface area (Å²) in [5.74, 6) is -2.86. The number of rotatable bonds is 12. The molecule has 2 N–H and O–H groups in total. The first-order valence-corrected chi connectivity index (χ1v) is 24.1. The van der Waals surface area contributed by atoms with E-state index in [9.17, 15) is 63.3 Å². The van der Waals surface area contributed by atoms with Gasteiger partial charge in [0, 0.05) is 50.1 Å². The monoisotopic (exact) mass is 988 g/mol. The first-order chi connectivity index (χ1) is 32.0. The Morgan fingerprint density at radius 1 is 0.632 bits per heavy atom. The third-order valence-electron chi connectivity index (χ3n) is 12.6. The minimum absolute atomic E-state index is 0.0732. The van der Waals surface area contributed by atoms with Crippen LogP contribution in [0.4, 0.5) is 26.3 Å². The maximum atomic E-state index is 13.9. The zero-order valence-electron chi connectivity index (χ0n) is 36.1. The molecule has 6 atom stereocenters. The van der Waals surface area contributed by atoms with E-state index in [-0.39, 0.29) is 48.2 Å². The van der Waals surface area contributed by atoms with Crippen LogP contribution in [-0.4, -0.2) is 96.6 Å². The molecule has 2 heterocycles. The summed E-state index contributed by atoms with van der Waals surface area (Å²) in [6.45, 7) is 0. The van der Waals surface area contributed by atoms with Crippen LogP contribution in [0.25, 0.3) is 22.5 Å². The van der Waals surface area contributed by atoms with Crippen molar-refractivity contribution in [2.75, 3.05) is 14.2 Å². The van der Waals surface area contributed by atoms with Crippen molar-refractivity contribution in [3.63, 3.8) is 0 Å². The molecule has 0 spiro atoms. The van der Waals surface area contributed by atoms with E-state index in [0.29, 0.717) is 25.7 Å². The molecule has 2 aromatic carbocycles. The van der Waals surface area contributed by atoms with E-state index in [2.05, 4.69) is 30.6 Å². The quantitative estimate of drug-likeness (QED) is 0.159. The van der Waals surface area contributed by atoms with Crippen molar-refractivity contribution in [1.29, 1.82) is 10.5 Å². The number of carbonyl (C=O) groups is 2. The molecule has 0 bridgehead atoms. The van der Waals surface area contributed by atoms with Crippen molar-refractivity contribution in [3.8, 4) is 34.7 Å². The smallest absolute Gasteiger partial charge is 0.381 e. The topological polar surface area (TPSA) is 244 Å². The zero-order valence-corrected chi connectivity index (χ0v) is 37.7. The van der Waals surface area contributed by atoms with E-state index in [1.807, 2.05) is 12.1 Å². The van der Waals surface area contributed by atoms with E-state index >= 15 is 0 Å². The molecule has 4 saturated carbocycles. The van der Waals surface area contributed by atoms with Gasteiger partial charge in [-0.1, -0.05) is 12.1 Å². The van der Waals surface area contributed by atoms with Crippen LogP contribution < -0.4 is 10.6 Å². The van der Waals surface area contributed by atoms with Crippen LogP contribution in [0.2, 0.25) is 0 Å². The molecule has 4 fully saturated rings. The van der Waals surface area contributed by atoms with Crippen molar-refractivity contribution in [2.24, 2.45) is 11.8 Å². The molecule has 68 heavy (non-hydrogen) atoms. The molecule has 0 aliphatic heterocycles. The van der Waals surface area contributed by atoms with E-state index in [0.717, 1.165) is 24.3 Å². The number of methoxy groups -OCH3 is 2. The fraction of sp³-hybridized carbons (Fsp3) is 0.455. The van der Waals surface area contributed by atoms with Crippen LogP contribution in [0.1, 0.15) is 62.5 Å². The Morgan fingerprint density at radius 2 is 1.00 bits per heavy atom. The minimum atomic E-state index is -4.94. The predicted molar refractivity (Wildman–Crippen MR) is 225 cm³/mol. The molecule has 360 valence electrons. The molecule has 1 unspecified atom stereocenters. The van der Waals surface area contributed by atoms with Crippen LogP contribution in [0.15, 0.2) is 83.4 Å². The Labute approximate surface area is 386 Å². The average Bonchev–Trinajstić information content (AvgIpc) is 4.17. The number of ether oxygens (including phenoxy) is 2. The standard InChI is InChI=1S/2C22H21F3N4O4S/c2*1-33-18-10-14(9-15(18)20(30)29-21(12-26)4-5-21)34(31,32)19-3-2-13(8-16(19)22(23,24)25)17-11-27-6-7-28-17/h2*2-3,6-8,11,14-15,18H,4-5,9-10H2,1H3,(H,29,30)/t14?,15-,18-;14-,15-,18-/m01/s1. The molecule has 4 aliphatic carbocycles. The Morgan fingerprint density at radius 3 is 1.28 bits per heavy atom. The summed E-state index contributed by atoms with van der Waals surface area (Å²) in [5, 5.41) is 21.2. The molecule has 2 aromatic heterocycles. The highest BCUT2D eigenvalue weighted by atomic mass is 32.2. The van der Waals surface area contributed by atoms with Crippen LogP contribution in [0.3, 0.4) is 0 Å². The summed E-state index contributed by atoms with van der Waals surface area (Å²) in [6, 6.07) is 9.89. The number of sulfone groups is 2. The minimum Gasteiger partial charge on any atom is -0.381 e. The molecule has 4 aliphatic rings. The summed E-state index contributed by atoms with van der Waals surface area (Å²) in [6.07, 6.45) is -2.28. The van der Waals surface area contributed by atoms with Crippen molar-refractivity contribution in [3.05, 3.63) is 84.7 Å². The molecule has 0 radical (unpaired) electrons. The lowest BCUT2D eigenvalue weighted by Gasteiger charge is -2.19. The zero-order chi connectivity index (χ0) is 49.5. The summed E-state index contributed by atoms with van der Waals surface area (Å²) < 4.78 is 148. The normalized spacial score (nSPS) is 23.8. The van der Waals surface area contributed by atoms with Crippen LogP contribution in [-0.2, 0) is 51.1 Å². The number of amides is 2. The molecular formula is C44H42F6N8O8S2. The summed E-state index contributed by atoms with van der Waals surface area (Å²) in [4.78, 5) is 39.4. The van der Waals surface area contributed by atoms with Crippen molar-refractivity contribution >= 4 is 31.5 Å². The largest absolute Gasteiger partial charge is 0.417 e. The maximum absolute atomic E-state index is 13.9. The Balaban J connectivity index is 0.000000201. The average molecular weight is 989 g/mol. The van der Waals surface area contributed by atoms with Gasteiger partial charge in [-0.2, -0.15) is 36.9 Å². The number of alkyl halides is 6.